The zero-order valence-electron chi connectivity index (χ0n) is 12.4. The van der Waals surface area contributed by atoms with E-state index in [-0.39, 0.29) is 23.9 Å². The molecule has 3 rings (SSSR count). The summed E-state index contributed by atoms with van der Waals surface area (Å²) in [5.41, 5.74) is 0.494. The highest BCUT2D eigenvalue weighted by Crippen LogP contribution is 2.31. The maximum Gasteiger partial charge on any atom is 0.297 e. The Kier molecular flexibility index (Phi) is 4.14. The minimum atomic E-state index is -3.99. The molecule has 1 aliphatic heterocycles. The zero-order valence-corrected chi connectivity index (χ0v) is 13.2. The summed E-state index contributed by atoms with van der Waals surface area (Å²) in [6, 6.07) is 11.3. The number of hydrogen-bond donors (Lipinski definition) is 1. The molecule has 0 fully saturated rings. The third kappa shape index (κ3) is 3.40. The second-order valence-electron chi connectivity index (χ2n) is 5.19. The van der Waals surface area contributed by atoms with Crippen LogP contribution in [0.3, 0.4) is 0 Å². The zero-order chi connectivity index (χ0) is 16.4. The molecule has 7 heteroatoms. The molecule has 1 heterocycles. The summed E-state index contributed by atoms with van der Waals surface area (Å²) in [5, 5.41) is 9.46. The van der Waals surface area contributed by atoms with E-state index < -0.39 is 16.2 Å². The van der Waals surface area contributed by atoms with Gasteiger partial charge in [0.15, 0.2) is 17.6 Å². The summed E-state index contributed by atoms with van der Waals surface area (Å²) in [5.74, 6) is 1.04. The number of phenols is 1. The van der Waals surface area contributed by atoms with E-state index in [0.29, 0.717) is 17.1 Å². The molecule has 1 N–H and O–H groups in total. The Morgan fingerprint density at radius 1 is 1.22 bits per heavy atom. The Bertz CT molecular complexity index is 815. The van der Waals surface area contributed by atoms with Gasteiger partial charge in [0.25, 0.3) is 10.1 Å². The predicted octanol–water partition coefficient (Wildman–Crippen LogP) is 2.25. The number of hydrogen-bond acceptors (Lipinski definition) is 6. The van der Waals surface area contributed by atoms with Crippen LogP contribution >= 0.6 is 0 Å². The van der Waals surface area contributed by atoms with Crippen molar-refractivity contribution in [1.82, 2.24) is 0 Å². The first kappa shape index (κ1) is 15.6. The fraction of sp³-hybridized carbons (Fsp3) is 0.250. The van der Waals surface area contributed by atoms with Crippen LogP contribution in [0.5, 0.6) is 17.2 Å². The lowest BCUT2D eigenvalue weighted by Gasteiger charge is -2.26. The molecule has 0 aromatic heterocycles. The van der Waals surface area contributed by atoms with Gasteiger partial charge >= 0.3 is 0 Å². The molecule has 2 aromatic rings. The Balaban J connectivity index is 1.70. The number of ether oxygens (including phenoxy) is 2. The second kappa shape index (κ2) is 6.10. The third-order valence-corrected chi connectivity index (χ3v) is 4.84. The topological polar surface area (TPSA) is 82.1 Å². The highest BCUT2D eigenvalue weighted by molar-refractivity contribution is 7.86. The van der Waals surface area contributed by atoms with Crippen molar-refractivity contribution in [3.63, 3.8) is 0 Å². The standard InChI is InChI=1S/C16H16O6S/c1-11-6-7-12(17)8-16(11)23(18,19)21-10-13-9-20-14-4-2-3-5-15(14)22-13/h2-8,13,17H,9-10H2,1H3. The molecule has 6 nitrogen and oxygen atoms in total. The monoisotopic (exact) mass is 336 g/mol. The van der Waals surface area contributed by atoms with Gasteiger partial charge in [0.1, 0.15) is 23.9 Å². The smallest absolute Gasteiger partial charge is 0.297 e. The van der Waals surface area contributed by atoms with Crippen molar-refractivity contribution < 1.29 is 27.2 Å². The SMILES string of the molecule is Cc1ccc(O)cc1S(=O)(=O)OCC1COc2ccccc2O1. The van der Waals surface area contributed by atoms with Gasteiger partial charge in [0, 0.05) is 6.07 Å². The van der Waals surface area contributed by atoms with Crippen LogP contribution in [0.25, 0.3) is 0 Å². The molecule has 2 aromatic carbocycles. The van der Waals surface area contributed by atoms with Crippen LogP contribution in [0.15, 0.2) is 47.4 Å². The Hall–Kier alpha value is -2.25. The fourth-order valence-corrected chi connectivity index (χ4v) is 3.42. The lowest BCUT2D eigenvalue weighted by Crippen LogP contribution is -2.34. The van der Waals surface area contributed by atoms with Gasteiger partial charge in [0.05, 0.1) is 0 Å². The largest absolute Gasteiger partial charge is 0.508 e. The van der Waals surface area contributed by atoms with Crippen LogP contribution in [-0.2, 0) is 14.3 Å². The molecule has 1 aliphatic rings. The first-order valence-electron chi connectivity index (χ1n) is 7.03. The van der Waals surface area contributed by atoms with Gasteiger partial charge in [-0.15, -0.1) is 0 Å². The molecular weight excluding hydrogens is 320 g/mol. The van der Waals surface area contributed by atoms with Crippen molar-refractivity contribution in [2.24, 2.45) is 0 Å². The van der Waals surface area contributed by atoms with E-state index in [1.54, 1.807) is 25.1 Å². The first-order chi connectivity index (χ1) is 11.0. The van der Waals surface area contributed by atoms with Gasteiger partial charge in [-0.05, 0) is 30.7 Å². The van der Waals surface area contributed by atoms with Crippen LogP contribution in [0.4, 0.5) is 0 Å². The summed E-state index contributed by atoms with van der Waals surface area (Å²) in [6.07, 6.45) is -0.530. The second-order valence-corrected chi connectivity index (χ2v) is 6.77. The van der Waals surface area contributed by atoms with E-state index in [1.807, 2.05) is 6.07 Å². The van der Waals surface area contributed by atoms with Crippen molar-refractivity contribution >= 4 is 10.1 Å². The molecule has 0 aliphatic carbocycles. The van der Waals surface area contributed by atoms with Crippen LogP contribution < -0.4 is 9.47 Å². The molecule has 0 saturated heterocycles. The summed E-state index contributed by atoms with van der Waals surface area (Å²) in [4.78, 5) is -0.0605. The minimum Gasteiger partial charge on any atom is -0.508 e. The number of benzene rings is 2. The van der Waals surface area contributed by atoms with Crippen molar-refractivity contribution in [1.29, 1.82) is 0 Å². The van der Waals surface area contributed by atoms with E-state index >= 15 is 0 Å². The van der Waals surface area contributed by atoms with E-state index in [1.165, 1.54) is 12.1 Å². The highest BCUT2D eigenvalue weighted by Gasteiger charge is 2.25. The molecule has 0 bridgehead atoms. The lowest BCUT2D eigenvalue weighted by molar-refractivity contribution is 0.0555. The average molecular weight is 336 g/mol. The number of para-hydroxylation sites is 2. The summed E-state index contributed by atoms with van der Waals surface area (Å²) in [6.45, 7) is 1.66. The van der Waals surface area contributed by atoms with Crippen molar-refractivity contribution in [3.05, 3.63) is 48.0 Å². The number of fused-ring (bicyclic) bond motifs is 1. The van der Waals surface area contributed by atoms with E-state index in [4.69, 9.17) is 13.7 Å². The Morgan fingerprint density at radius 3 is 2.74 bits per heavy atom. The molecule has 0 saturated carbocycles. The molecule has 0 amide bonds. The van der Waals surface area contributed by atoms with Crippen LogP contribution in [0.1, 0.15) is 5.56 Å². The van der Waals surface area contributed by atoms with Crippen LogP contribution in [0, 0.1) is 6.92 Å². The Morgan fingerprint density at radius 2 is 1.96 bits per heavy atom. The molecule has 0 radical (unpaired) electrons. The number of rotatable bonds is 4. The van der Waals surface area contributed by atoms with E-state index in [9.17, 15) is 13.5 Å². The average Bonchev–Trinajstić information content (AvgIpc) is 2.55. The van der Waals surface area contributed by atoms with Gasteiger partial charge in [-0.2, -0.15) is 8.42 Å². The Labute approximate surface area is 134 Å². The summed E-state index contributed by atoms with van der Waals surface area (Å²) < 4.78 is 40.8. The molecule has 1 atom stereocenters. The molecule has 1 unspecified atom stereocenters. The fourth-order valence-electron chi connectivity index (χ4n) is 2.23. The van der Waals surface area contributed by atoms with Gasteiger partial charge < -0.3 is 14.6 Å². The summed E-state index contributed by atoms with van der Waals surface area (Å²) >= 11 is 0. The minimum absolute atomic E-state index is 0.0605. The molecule has 23 heavy (non-hydrogen) atoms. The first-order valence-corrected chi connectivity index (χ1v) is 8.44. The van der Waals surface area contributed by atoms with Crippen molar-refractivity contribution in [2.45, 2.75) is 17.9 Å². The molecular formula is C16H16O6S. The van der Waals surface area contributed by atoms with E-state index in [0.717, 1.165) is 6.07 Å². The van der Waals surface area contributed by atoms with Crippen molar-refractivity contribution in [3.8, 4) is 17.2 Å². The summed E-state index contributed by atoms with van der Waals surface area (Å²) in [7, 11) is -3.99. The number of aromatic hydroxyl groups is 1. The van der Waals surface area contributed by atoms with Crippen LogP contribution in [-0.4, -0.2) is 32.8 Å². The van der Waals surface area contributed by atoms with Crippen molar-refractivity contribution in [2.75, 3.05) is 13.2 Å². The van der Waals surface area contributed by atoms with Gasteiger partial charge in [-0.3, -0.25) is 4.18 Å². The third-order valence-electron chi connectivity index (χ3n) is 3.42. The number of phenolic OH excluding ortho intramolecular Hbond substituents is 1. The maximum absolute atomic E-state index is 12.3. The molecule has 0 spiro atoms. The van der Waals surface area contributed by atoms with Gasteiger partial charge in [0.2, 0.25) is 0 Å². The highest BCUT2D eigenvalue weighted by atomic mass is 32.2. The normalized spacial score (nSPS) is 17.0. The van der Waals surface area contributed by atoms with Gasteiger partial charge in [-0.1, -0.05) is 18.2 Å². The maximum atomic E-state index is 12.3. The van der Waals surface area contributed by atoms with Gasteiger partial charge in [-0.25, -0.2) is 0 Å². The molecule has 122 valence electrons. The van der Waals surface area contributed by atoms with E-state index in [2.05, 4.69) is 0 Å². The quantitative estimate of drug-likeness (QED) is 0.863. The number of aryl methyl sites for hydroxylation is 1. The predicted molar refractivity (Wildman–Crippen MR) is 82.3 cm³/mol. The lowest BCUT2D eigenvalue weighted by atomic mass is 10.2. The van der Waals surface area contributed by atoms with Crippen LogP contribution in [0.2, 0.25) is 0 Å².